The molecule has 2 aromatic rings. The maximum absolute atomic E-state index is 5.38. The van der Waals surface area contributed by atoms with Crippen LogP contribution in [0.2, 0.25) is 0 Å². The Morgan fingerprint density at radius 3 is 2.48 bits per heavy atom. The van der Waals surface area contributed by atoms with Gasteiger partial charge in [0, 0.05) is 43.8 Å². The Kier molecular flexibility index (Phi) is 7.02. The fourth-order valence-electron chi connectivity index (χ4n) is 3.76. The van der Waals surface area contributed by atoms with Gasteiger partial charge in [0.1, 0.15) is 5.75 Å². The van der Waals surface area contributed by atoms with Crippen LogP contribution in [0.1, 0.15) is 32.3 Å². The first-order valence-electron chi connectivity index (χ1n) is 10.4. The molecule has 0 aromatic heterocycles. The summed E-state index contributed by atoms with van der Waals surface area (Å²) < 4.78 is 5.38. The maximum Gasteiger partial charge on any atom is 0.191 e. The summed E-state index contributed by atoms with van der Waals surface area (Å²) in [5, 5.41) is 7.13. The van der Waals surface area contributed by atoms with Crippen molar-refractivity contribution < 1.29 is 4.74 Å². The minimum absolute atomic E-state index is 0.0389. The third-order valence-corrected chi connectivity index (χ3v) is 5.73. The third kappa shape index (κ3) is 5.66. The van der Waals surface area contributed by atoms with Crippen molar-refractivity contribution in [1.82, 2.24) is 10.6 Å². The Bertz CT molecular complexity index is 796. The van der Waals surface area contributed by atoms with Crippen LogP contribution < -0.4 is 20.3 Å². The van der Waals surface area contributed by atoms with Gasteiger partial charge < -0.3 is 20.3 Å². The zero-order valence-corrected chi connectivity index (χ0v) is 18.1. The van der Waals surface area contributed by atoms with E-state index in [1.54, 1.807) is 7.11 Å². The average Bonchev–Trinajstić information content (AvgIpc) is 2.77. The first-order chi connectivity index (χ1) is 14.0. The van der Waals surface area contributed by atoms with Crippen molar-refractivity contribution in [3.05, 3.63) is 60.2 Å². The van der Waals surface area contributed by atoms with E-state index in [1.165, 1.54) is 11.3 Å². The molecular weight excluding hydrogens is 360 g/mol. The molecule has 1 heterocycles. The van der Waals surface area contributed by atoms with Crippen molar-refractivity contribution in [2.45, 2.75) is 38.1 Å². The topological polar surface area (TPSA) is 48.9 Å². The summed E-state index contributed by atoms with van der Waals surface area (Å²) in [7, 11) is 3.55. The molecule has 0 aliphatic carbocycles. The van der Waals surface area contributed by atoms with Crippen LogP contribution in [-0.4, -0.2) is 45.8 Å². The number of ether oxygens (including phenoxy) is 1. The fraction of sp³-hybridized carbons (Fsp3) is 0.458. The van der Waals surface area contributed by atoms with Gasteiger partial charge in [-0.15, -0.1) is 0 Å². The van der Waals surface area contributed by atoms with Gasteiger partial charge in [-0.25, -0.2) is 0 Å². The van der Waals surface area contributed by atoms with Crippen LogP contribution in [0.25, 0.3) is 0 Å². The summed E-state index contributed by atoms with van der Waals surface area (Å²) in [5.41, 5.74) is 2.52. The predicted molar refractivity (Wildman–Crippen MR) is 122 cm³/mol. The lowest BCUT2D eigenvalue weighted by atomic mass is 9.84. The monoisotopic (exact) mass is 394 g/mol. The number of para-hydroxylation sites is 1. The highest BCUT2D eigenvalue weighted by atomic mass is 16.5. The summed E-state index contributed by atoms with van der Waals surface area (Å²) in [6, 6.07) is 19.4. The van der Waals surface area contributed by atoms with E-state index in [-0.39, 0.29) is 5.41 Å². The number of rotatable bonds is 6. The molecule has 3 rings (SSSR count). The molecule has 1 aliphatic heterocycles. The fourth-order valence-corrected chi connectivity index (χ4v) is 3.76. The van der Waals surface area contributed by atoms with Crippen LogP contribution in [0.3, 0.4) is 0 Å². The number of guanidine groups is 1. The van der Waals surface area contributed by atoms with Crippen molar-refractivity contribution in [1.29, 1.82) is 0 Å². The number of hydrogen-bond acceptors (Lipinski definition) is 3. The quantitative estimate of drug-likeness (QED) is 0.578. The van der Waals surface area contributed by atoms with Gasteiger partial charge in [-0.3, -0.25) is 4.99 Å². The molecule has 156 valence electrons. The first kappa shape index (κ1) is 21.0. The van der Waals surface area contributed by atoms with Crippen LogP contribution in [0, 0.1) is 0 Å². The average molecular weight is 395 g/mol. The zero-order valence-electron chi connectivity index (χ0n) is 18.1. The number of methoxy groups -OCH3 is 1. The van der Waals surface area contributed by atoms with Gasteiger partial charge in [0.25, 0.3) is 0 Å². The SMILES string of the molecule is CN=C(NCC(C)(C)c1cccc(OC)c1)NC1CCN(c2ccccc2)CC1. The van der Waals surface area contributed by atoms with Crippen molar-refractivity contribution in [2.75, 3.05) is 38.7 Å². The van der Waals surface area contributed by atoms with Crippen LogP contribution in [-0.2, 0) is 5.41 Å². The lowest BCUT2D eigenvalue weighted by Gasteiger charge is -2.35. The Morgan fingerprint density at radius 1 is 1.10 bits per heavy atom. The Hall–Kier alpha value is -2.69. The summed E-state index contributed by atoms with van der Waals surface area (Å²) in [4.78, 5) is 6.90. The van der Waals surface area contributed by atoms with Gasteiger partial charge in [0.05, 0.1) is 7.11 Å². The van der Waals surface area contributed by atoms with Gasteiger partial charge in [-0.1, -0.05) is 44.2 Å². The molecule has 0 radical (unpaired) electrons. The highest BCUT2D eigenvalue weighted by Crippen LogP contribution is 2.26. The van der Waals surface area contributed by atoms with Gasteiger partial charge in [0.2, 0.25) is 0 Å². The van der Waals surface area contributed by atoms with Gasteiger partial charge in [0.15, 0.2) is 5.96 Å². The van der Waals surface area contributed by atoms with E-state index in [4.69, 9.17) is 4.74 Å². The molecule has 2 N–H and O–H groups in total. The number of aliphatic imine (C=N–C) groups is 1. The van der Waals surface area contributed by atoms with Crippen molar-refractivity contribution in [3.63, 3.8) is 0 Å². The molecule has 0 spiro atoms. The Morgan fingerprint density at radius 2 is 1.83 bits per heavy atom. The second-order valence-corrected chi connectivity index (χ2v) is 8.28. The molecule has 0 saturated carbocycles. The van der Waals surface area contributed by atoms with Crippen LogP contribution in [0.15, 0.2) is 59.6 Å². The Labute approximate surface area is 175 Å². The van der Waals surface area contributed by atoms with Crippen molar-refractivity contribution in [3.8, 4) is 5.75 Å². The van der Waals surface area contributed by atoms with Crippen molar-refractivity contribution in [2.24, 2.45) is 4.99 Å². The first-order valence-corrected chi connectivity index (χ1v) is 10.4. The lowest BCUT2D eigenvalue weighted by Crippen LogP contribution is -2.50. The molecule has 0 amide bonds. The molecule has 0 bridgehead atoms. The van der Waals surface area contributed by atoms with Gasteiger partial charge in [-0.05, 0) is 42.7 Å². The second-order valence-electron chi connectivity index (χ2n) is 8.28. The minimum atomic E-state index is -0.0389. The summed E-state index contributed by atoms with van der Waals surface area (Å²) >= 11 is 0. The summed E-state index contributed by atoms with van der Waals surface area (Å²) in [5.74, 6) is 1.77. The number of benzene rings is 2. The largest absolute Gasteiger partial charge is 0.497 e. The molecule has 2 aromatic carbocycles. The lowest BCUT2D eigenvalue weighted by molar-refractivity contribution is 0.411. The molecule has 5 nitrogen and oxygen atoms in total. The van der Waals surface area contributed by atoms with E-state index in [2.05, 4.69) is 76.8 Å². The van der Waals surface area contributed by atoms with E-state index >= 15 is 0 Å². The number of nitrogens with zero attached hydrogens (tertiary/aromatic N) is 2. The van der Waals surface area contributed by atoms with Crippen LogP contribution in [0.5, 0.6) is 5.75 Å². The third-order valence-electron chi connectivity index (χ3n) is 5.73. The number of nitrogens with one attached hydrogen (secondary N) is 2. The molecule has 0 unspecified atom stereocenters. The van der Waals surface area contributed by atoms with E-state index in [0.717, 1.165) is 44.2 Å². The minimum Gasteiger partial charge on any atom is -0.497 e. The summed E-state index contributed by atoms with van der Waals surface area (Å²) in [6.07, 6.45) is 2.21. The van der Waals surface area contributed by atoms with E-state index in [1.807, 2.05) is 19.2 Å². The second kappa shape index (κ2) is 9.68. The standard InChI is InChI=1S/C24H34N4O/c1-24(2,19-9-8-12-22(17-19)29-4)18-26-23(25-3)27-20-13-15-28(16-14-20)21-10-6-5-7-11-21/h5-12,17,20H,13-16,18H2,1-4H3,(H2,25,26,27). The van der Waals surface area contributed by atoms with Crippen LogP contribution >= 0.6 is 0 Å². The van der Waals surface area contributed by atoms with Crippen molar-refractivity contribution >= 4 is 11.6 Å². The Balaban J connectivity index is 1.51. The summed E-state index contributed by atoms with van der Waals surface area (Å²) in [6.45, 7) is 7.39. The highest BCUT2D eigenvalue weighted by molar-refractivity contribution is 5.80. The molecule has 1 aliphatic rings. The van der Waals surface area contributed by atoms with Crippen LogP contribution in [0.4, 0.5) is 5.69 Å². The van der Waals surface area contributed by atoms with E-state index in [9.17, 15) is 0 Å². The molecule has 1 saturated heterocycles. The molecule has 29 heavy (non-hydrogen) atoms. The zero-order chi connectivity index (χ0) is 20.7. The number of anilines is 1. The molecule has 5 heteroatoms. The van der Waals surface area contributed by atoms with E-state index < -0.39 is 0 Å². The molecular formula is C24H34N4O. The van der Waals surface area contributed by atoms with E-state index in [0.29, 0.717) is 6.04 Å². The highest BCUT2D eigenvalue weighted by Gasteiger charge is 2.23. The van der Waals surface area contributed by atoms with Gasteiger partial charge >= 0.3 is 0 Å². The maximum atomic E-state index is 5.38. The number of hydrogen-bond donors (Lipinski definition) is 2. The molecule has 0 atom stereocenters. The predicted octanol–water partition coefficient (Wildman–Crippen LogP) is 3.81. The smallest absolute Gasteiger partial charge is 0.191 e. The normalized spacial score (nSPS) is 15.9. The number of piperidine rings is 1. The molecule has 1 fully saturated rings. The van der Waals surface area contributed by atoms with Gasteiger partial charge in [-0.2, -0.15) is 0 Å².